The van der Waals surface area contributed by atoms with Crippen molar-refractivity contribution in [2.24, 2.45) is 0 Å². The Bertz CT molecular complexity index is 1060. The van der Waals surface area contributed by atoms with Gasteiger partial charge in [-0.05, 0) is 61.0 Å². The van der Waals surface area contributed by atoms with Gasteiger partial charge in [0.25, 0.3) is 11.8 Å². The number of benzene rings is 2. The Morgan fingerprint density at radius 2 is 2.00 bits per heavy atom. The smallest absolute Gasteiger partial charge is 0.273 e. The molecule has 3 aromatic rings. The first-order valence-electron chi connectivity index (χ1n) is 9.13. The molecule has 2 aromatic carbocycles. The van der Waals surface area contributed by atoms with Gasteiger partial charge in [-0.3, -0.25) is 14.7 Å². The van der Waals surface area contributed by atoms with Crippen LogP contribution < -0.4 is 10.2 Å². The number of aryl methyl sites for hydroxylation is 1. The maximum atomic E-state index is 13.4. The molecule has 7 nitrogen and oxygen atoms in total. The molecule has 4 rings (SSSR count). The van der Waals surface area contributed by atoms with Crippen LogP contribution in [0.2, 0.25) is 0 Å². The molecule has 0 spiro atoms. The molecule has 1 fully saturated rings. The maximum absolute atomic E-state index is 13.4. The minimum Gasteiger partial charge on any atom is -0.370 e. The fourth-order valence-electron chi connectivity index (χ4n) is 3.10. The zero-order chi connectivity index (χ0) is 20.4. The van der Waals surface area contributed by atoms with Crippen LogP contribution in [0.15, 0.2) is 48.5 Å². The topological polar surface area (TPSA) is 87.3 Å². The van der Waals surface area contributed by atoms with Gasteiger partial charge in [0, 0.05) is 23.5 Å². The molecule has 1 aliphatic heterocycles. The van der Waals surface area contributed by atoms with E-state index >= 15 is 0 Å². The van der Waals surface area contributed by atoms with Crippen molar-refractivity contribution in [3.8, 4) is 11.3 Å². The molecule has 29 heavy (non-hydrogen) atoms. The van der Waals surface area contributed by atoms with Crippen LogP contribution in [-0.2, 0) is 9.53 Å². The minimum atomic E-state index is -0.349. The van der Waals surface area contributed by atoms with E-state index in [9.17, 15) is 14.0 Å². The molecular formula is C21H19FN4O3. The first kappa shape index (κ1) is 18.8. The van der Waals surface area contributed by atoms with Crippen LogP contribution in [0.1, 0.15) is 16.1 Å². The molecule has 2 N–H and O–H groups in total. The average Bonchev–Trinajstić information content (AvgIpc) is 3.22. The maximum Gasteiger partial charge on any atom is 0.273 e. The molecule has 1 saturated heterocycles. The SMILES string of the molecule is Cc1cc(-c2cc(C(=O)Nc3ccc(N4CCOCC4=O)cc3)[nH]n2)ccc1F. The van der Waals surface area contributed by atoms with Crippen molar-refractivity contribution in [1.29, 1.82) is 0 Å². The molecule has 0 saturated carbocycles. The lowest BCUT2D eigenvalue weighted by Crippen LogP contribution is -2.41. The largest absolute Gasteiger partial charge is 0.370 e. The second-order valence-electron chi connectivity index (χ2n) is 6.73. The molecule has 0 radical (unpaired) electrons. The first-order chi connectivity index (χ1) is 14.0. The lowest BCUT2D eigenvalue weighted by atomic mass is 10.1. The normalized spacial score (nSPS) is 14.1. The van der Waals surface area contributed by atoms with E-state index in [4.69, 9.17) is 4.74 Å². The number of ether oxygens (including phenoxy) is 1. The molecule has 0 atom stereocenters. The third-order valence-electron chi connectivity index (χ3n) is 4.70. The Labute approximate surface area is 166 Å². The predicted octanol–water partition coefficient (Wildman–Crippen LogP) is 3.14. The highest BCUT2D eigenvalue weighted by molar-refractivity contribution is 6.03. The zero-order valence-corrected chi connectivity index (χ0v) is 15.7. The summed E-state index contributed by atoms with van der Waals surface area (Å²) in [5.41, 5.74) is 3.42. The van der Waals surface area contributed by atoms with E-state index in [1.807, 2.05) is 0 Å². The Hall–Kier alpha value is -3.52. The van der Waals surface area contributed by atoms with E-state index in [0.717, 1.165) is 11.3 Å². The highest BCUT2D eigenvalue weighted by atomic mass is 19.1. The van der Waals surface area contributed by atoms with Gasteiger partial charge in [0.2, 0.25) is 0 Å². The quantitative estimate of drug-likeness (QED) is 0.712. The molecule has 0 unspecified atom stereocenters. The monoisotopic (exact) mass is 394 g/mol. The minimum absolute atomic E-state index is 0.0776. The van der Waals surface area contributed by atoms with Gasteiger partial charge in [-0.15, -0.1) is 0 Å². The second-order valence-corrected chi connectivity index (χ2v) is 6.73. The van der Waals surface area contributed by atoms with Crippen molar-refractivity contribution in [3.63, 3.8) is 0 Å². The van der Waals surface area contributed by atoms with E-state index in [1.165, 1.54) is 6.07 Å². The summed E-state index contributed by atoms with van der Waals surface area (Å²) in [6, 6.07) is 13.3. The number of aromatic amines is 1. The number of anilines is 2. The highest BCUT2D eigenvalue weighted by Crippen LogP contribution is 2.22. The summed E-state index contributed by atoms with van der Waals surface area (Å²) in [6.45, 7) is 2.76. The van der Waals surface area contributed by atoms with Crippen LogP contribution in [0.25, 0.3) is 11.3 Å². The lowest BCUT2D eigenvalue weighted by molar-refractivity contribution is -0.125. The van der Waals surface area contributed by atoms with Crippen molar-refractivity contribution in [2.45, 2.75) is 6.92 Å². The van der Waals surface area contributed by atoms with E-state index in [1.54, 1.807) is 54.3 Å². The zero-order valence-electron chi connectivity index (χ0n) is 15.7. The van der Waals surface area contributed by atoms with Crippen molar-refractivity contribution in [2.75, 3.05) is 30.0 Å². The summed E-state index contributed by atoms with van der Waals surface area (Å²) in [5.74, 6) is -0.726. The standard InChI is InChI=1S/C21H19FN4O3/c1-13-10-14(2-7-17(13)22)18-11-19(25-24-18)21(28)23-15-3-5-16(6-4-15)26-8-9-29-12-20(26)27/h2-7,10-11H,8-9,12H2,1H3,(H,23,28)(H,24,25). The van der Waals surface area contributed by atoms with Crippen LogP contribution in [-0.4, -0.2) is 41.8 Å². The molecular weight excluding hydrogens is 375 g/mol. The van der Waals surface area contributed by atoms with Gasteiger partial charge in [-0.25, -0.2) is 4.39 Å². The average molecular weight is 394 g/mol. The fourth-order valence-corrected chi connectivity index (χ4v) is 3.10. The first-order valence-corrected chi connectivity index (χ1v) is 9.13. The van der Waals surface area contributed by atoms with Crippen molar-refractivity contribution >= 4 is 23.2 Å². The number of rotatable bonds is 4. The molecule has 2 amide bonds. The Kier molecular flexibility index (Phi) is 5.09. The molecule has 8 heteroatoms. The highest BCUT2D eigenvalue weighted by Gasteiger charge is 2.20. The van der Waals surface area contributed by atoms with Crippen LogP contribution in [0.4, 0.5) is 15.8 Å². The van der Waals surface area contributed by atoms with Crippen LogP contribution >= 0.6 is 0 Å². The van der Waals surface area contributed by atoms with Crippen LogP contribution in [0, 0.1) is 12.7 Å². The number of nitrogens with one attached hydrogen (secondary N) is 2. The number of hydrogen-bond donors (Lipinski definition) is 2. The Balaban J connectivity index is 1.45. The van der Waals surface area contributed by atoms with Crippen molar-refractivity contribution in [1.82, 2.24) is 10.2 Å². The summed E-state index contributed by atoms with van der Waals surface area (Å²) in [4.78, 5) is 26.0. The predicted molar refractivity (Wildman–Crippen MR) is 106 cm³/mol. The number of aromatic nitrogens is 2. The number of hydrogen-bond acceptors (Lipinski definition) is 4. The van der Waals surface area contributed by atoms with E-state index < -0.39 is 0 Å². The molecule has 0 aliphatic carbocycles. The van der Waals surface area contributed by atoms with Crippen molar-refractivity contribution in [3.05, 3.63) is 65.6 Å². The summed E-state index contributed by atoms with van der Waals surface area (Å²) in [7, 11) is 0. The molecule has 0 bridgehead atoms. The summed E-state index contributed by atoms with van der Waals surface area (Å²) in [6.07, 6.45) is 0. The third-order valence-corrected chi connectivity index (χ3v) is 4.70. The number of nitrogens with zero attached hydrogens (tertiary/aromatic N) is 2. The van der Waals surface area contributed by atoms with Crippen LogP contribution in [0.3, 0.4) is 0 Å². The van der Waals surface area contributed by atoms with Gasteiger partial charge in [0.1, 0.15) is 18.1 Å². The number of halogens is 1. The van der Waals surface area contributed by atoms with Gasteiger partial charge in [-0.1, -0.05) is 0 Å². The molecule has 1 aliphatic rings. The van der Waals surface area contributed by atoms with Crippen molar-refractivity contribution < 1.29 is 18.7 Å². The van der Waals surface area contributed by atoms with E-state index in [-0.39, 0.29) is 29.9 Å². The number of H-pyrrole nitrogens is 1. The second kappa shape index (κ2) is 7.84. The van der Waals surface area contributed by atoms with E-state index in [0.29, 0.717) is 30.1 Å². The number of amides is 2. The molecule has 2 heterocycles. The summed E-state index contributed by atoms with van der Waals surface area (Å²) in [5, 5.41) is 9.63. The third kappa shape index (κ3) is 4.02. The van der Waals surface area contributed by atoms with Gasteiger partial charge in [0.05, 0.1) is 12.3 Å². The summed E-state index contributed by atoms with van der Waals surface area (Å²) >= 11 is 0. The number of carbonyl (C=O) groups is 2. The lowest BCUT2D eigenvalue weighted by Gasteiger charge is -2.26. The van der Waals surface area contributed by atoms with Gasteiger partial charge in [-0.2, -0.15) is 5.10 Å². The van der Waals surface area contributed by atoms with E-state index in [2.05, 4.69) is 15.5 Å². The fraction of sp³-hybridized carbons (Fsp3) is 0.190. The molecule has 148 valence electrons. The number of morpholine rings is 1. The molecule has 1 aromatic heterocycles. The van der Waals surface area contributed by atoms with Crippen LogP contribution in [0.5, 0.6) is 0 Å². The Morgan fingerprint density at radius 1 is 1.21 bits per heavy atom. The number of carbonyl (C=O) groups excluding carboxylic acids is 2. The Morgan fingerprint density at radius 3 is 2.72 bits per heavy atom. The summed E-state index contributed by atoms with van der Waals surface area (Å²) < 4.78 is 18.6. The van der Waals surface area contributed by atoms with Gasteiger partial charge < -0.3 is 15.0 Å². The van der Waals surface area contributed by atoms with Gasteiger partial charge in [0.15, 0.2) is 0 Å². The van der Waals surface area contributed by atoms with Gasteiger partial charge >= 0.3 is 0 Å².